The molecule has 12 heavy (non-hydrogen) atoms. The Hall–Kier alpha value is -1.31. The van der Waals surface area contributed by atoms with Gasteiger partial charge in [0, 0.05) is 12.4 Å². The van der Waals surface area contributed by atoms with Gasteiger partial charge in [-0.1, -0.05) is 12.2 Å². The first-order valence-electron chi connectivity index (χ1n) is 4.24. The molecule has 0 aromatic rings. The van der Waals surface area contributed by atoms with Gasteiger partial charge in [0.1, 0.15) is 0 Å². The summed E-state index contributed by atoms with van der Waals surface area (Å²) >= 11 is 0. The van der Waals surface area contributed by atoms with Crippen molar-refractivity contribution in [1.82, 2.24) is 4.90 Å². The Kier molecular flexibility index (Phi) is 1.82. The van der Waals surface area contributed by atoms with Crippen molar-refractivity contribution in [2.45, 2.75) is 19.8 Å². The number of nitrogens with zero attached hydrogens (tertiary/aromatic N) is 2. The summed E-state index contributed by atoms with van der Waals surface area (Å²) in [6.45, 7) is 2.01. The van der Waals surface area contributed by atoms with Gasteiger partial charge in [-0.15, -0.1) is 0 Å². The molecule has 2 aliphatic heterocycles. The summed E-state index contributed by atoms with van der Waals surface area (Å²) in [4.78, 5) is 6.37. The van der Waals surface area contributed by atoms with Gasteiger partial charge in [-0.05, 0) is 19.8 Å². The second-order valence-electron chi connectivity index (χ2n) is 3.03. The largest absolute Gasteiger partial charge is 0.321 e. The van der Waals surface area contributed by atoms with Crippen molar-refractivity contribution in [3.8, 4) is 0 Å². The molecule has 2 nitrogen and oxygen atoms in total. The highest BCUT2D eigenvalue weighted by molar-refractivity contribution is 5.80. The molecule has 2 heterocycles. The van der Waals surface area contributed by atoms with Crippen LogP contribution < -0.4 is 0 Å². The second kappa shape index (κ2) is 2.97. The molecule has 0 bridgehead atoms. The summed E-state index contributed by atoms with van der Waals surface area (Å²) in [5.41, 5.74) is 2.24. The maximum atomic E-state index is 4.25. The van der Waals surface area contributed by atoms with E-state index in [1.807, 2.05) is 19.3 Å². The molecule has 62 valence electrons. The summed E-state index contributed by atoms with van der Waals surface area (Å²) in [5.74, 6) is 0. The monoisotopic (exact) mass is 160 g/mol. The van der Waals surface area contributed by atoms with E-state index >= 15 is 0 Å². The van der Waals surface area contributed by atoms with Gasteiger partial charge in [-0.2, -0.15) is 0 Å². The summed E-state index contributed by atoms with van der Waals surface area (Å²) < 4.78 is 0. The van der Waals surface area contributed by atoms with E-state index in [0.29, 0.717) is 0 Å². The van der Waals surface area contributed by atoms with Crippen LogP contribution in [-0.4, -0.2) is 11.1 Å². The first kappa shape index (κ1) is 7.35. The van der Waals surface area contributed by atoms with Gasteiger partial charge in [0.05, 0.1) is 17.6 Å². The van der Waals surface area contributed by atoms with Gasteiger partial charge in [0.2, 0.25) is 0 Å². The number of aliphatic imine (C=N–C) groups is 1. The van der Waals surface area contributed by atoms with Gasteiger partial charge < -0.3 is 4.90 Å². The lowest BCUT2D eigenvalue weighted by Gasteiger charge is -2.19. The van der Waals surface area contributed by atoms with Crippen LogP contribution in [0.3, 0.4) is 0 Å². The third kappa shape index (κ3) is 1.33. The zero-order chi connectivity index (χ0) is 8.39. The zero-order valence-electron chi connectivity index (χ0n) is 7.20. The number of rotatable bonds is 0. The Bertz CT molecular complexity index is 295. The van der Waals surface area contributed by atoms with E-state index in [0.717, 1.165) is 18.5 Å². The predicted molar refractivity (Wildman–Crippen MR) is 50.5 cm³/mol. The van der Waals surface area contributed by atoms with E-state index in [1.165, 1.54) is 5.70 Å². The van der Waals surface area contributed by atoms with E-state index in [1.54, 1.807) is 0 Å². The van der Waals surface area contributed by atoms with Crippen molar-refractivity contribution in [1.29, 1.82) is 0 Å². The predicted octanol–water partition coefficient (Wildman–Crippen LogP) is 2.43. The van der Waals surface area contributed by atoms with Crippen LogP contribution in [0.4, 0.5) is 0 Å². The molecule has 0 aromatic heterocycles. The van der Waals surface area contributed by atoms with E-state index in [4.69, 9.17) is 0 Å². The fourth-order valence-electron chi connectivity index (χ4n) is 1.35. The minimum atomic E-state index is 1.05. The fourth-order valence-corrected chi connectivity index (χ4v) is 1.35. The number of allylic oxidation sites excluding steroid dienone is 4. The van der Waals surface area contributed by atoms with Crippen LogP contribution in [0, 0.1) is 0 Å². The Labute approximate surface area is 72.6 Å². The van der Waals surface area contributed by atoms with Gasteiger partial charge in [-0.3, -0.25) is 4.99 Å². The molecule has 0 aliphatic carbocycles. The Balaban J connectivity index is 2.33. The smallest absolute Gasteiger partial charge is 0.0593 e. The lowest BCUT2D eigenvalue weighted by molar-refractivity contribution is 0.649. The molecule has 2 heteroatoms. The molecule has 0 saturated carbocycles. The lowest BCUT2D eigenvalue weighted by Crippen LogP contribution is -2.13. The molecule has 0 N–H and O–H groups in total. The summed E-state index contributed by atoms with van der Waals surface area (Å²) in [6.07, 6.45) is 12.7. The quantitative estimate of drug-likeness (QED) is 0.531. The van der Waals surface area contributed by atoms with Crippen molar-refractivity contribution < 1.29 is 0 Å². The van der Waals surface area contributed by atoms with Crippen LogP contribution in [0.5, 0.6) is 0 Å². The molecule has 2 aliphatic rings. The second-order valence-corrected chi connectivity index (χ2v) is 3.03. The topological polar surface area (TPSA) is 15.6 Å². The zero-order valence-corrected chi connectivity index (χ0v) is 7.20. The summed E-state index contributed by atoms with van der Waals surface area (Å²) in [5, 5.41) is 0. The molecule has 0 radical (unpaired) electrons. The van der Waals surface area contributed by atoms with E-state index in [2.05, 4.69) is 28.2 Å². The maximum absolute atomic E-state index is 4.25. The molecule has 0 unspecified atom stereocenters. The molecule has 0 atom stereocenters. The van der Waals surface area contributed by atoms with Crippen molar-refractivity contribution in [2.75, 3.05) is 0 Å². The number of hydrogen-bond acceptors (Lipinski definition) is 2. The Morgan fingerprint density at radius 2 is 2.33 bits per heavy atom. The molecule has 0 spiro atoms. The molecule has 0 saturated heterocycles. The van der Waals surface area contributed by atoms with Crippen LogP contribution in [0.2, 0.25) is 0 Å². The van der Waals surface area contributed by atoms with E-state index in [-0.39, 0.29) is 0 Å². The average Bonchev–Trinajstić information content (AvgIpc) is 2.28. The van der Waals surface area contributed by atoms with Crippen molar-refractivity contribution in [3.05, 3.63) is 35.9 Å². The molecular formula is C10H12N2. The highest BCUT2D eigenvalue weighted by atomic mass is 15.1. The minimum absolute atomic E-state index is 1.05. The Morgan fingerprint density at radius 1 is 1.42 bits per heavy atom. The van der Waals surface area contributed by atoms with Crippen LogP contribution in [0.15, 0.2) is 40.9 Å². The van der Waals surface area contributed by atoms with E-state index < -0.39 is 0 Å². The molecule has 2 rings (SSSR count). The van der Waals surface area contributed by atoms with Crippen molar-refractivity contribution in [2.24, 2.45) is 4.99 Å². The van der Waals surface area contributed by atoms with Crippen molar-refractivity contribution >= 4 is 6.21 Å². The SMILES string of the molecule is CC1=CN2C=CCCC=C2C=N1. The van der Waals surface area contributed by atoms with E-state index in [9.17, 15) is 0 Å². The average molecular weight is 160 g/mol. The van der Waals surface area contributed by atoms with Crippen molar-refractivity contribution in [3.63, 3.8) is 0 Å². The fraction of sp³-hybridized carbons (Fsp3) is 0.300. The first-order valence-corrected chi connectivity index (χ1v) is 4.24. The van der Waals surface area contributed by atoms with Crippen LogP contribution in [0.1, 0.15) is 19.8 Å². The normalized spacial score (nSPS) is 21.2. The van der Waals surface area contributed by atoms with Gasteiger partial charge in [0.25, 0.3) is 0 Å². The molecule has 0 amide bonds. The highest BCUT2D eigenvalue weighted by Gasteiger charge is 2.07. The minimum Gasteiger partial charge on any atom is -0.321 e. The molecule has 0 aromatic carbocycles. The standard InChI is InChI=1S/C10H12N2/c1-9-8-12-6-4-2-3-5-10(12)7-11-9/h4-8H,2-3H2,1H3. The highest BCUT2D eigenvalue weighted by Crippen LogP contribution is 2.17. The van der Waals surface area contributed by atoms with Crippen LogP contribution >= 0.6 is 0 Å². The van der Waals surface area contributed by atoms with Gasteiger partial charge >= 0.3 is 0 Å². The Morgan fingerprint density at radius 3 is 3.25 bits per heavy atom. The van der Waals surface area contributed by atoms with Gasteiger partial charge in [0.15, 0.2) is 0 Å². The number of fused-ring (bicyclic) bond motifs is 1. The third-order valence-corrected chi connectivity index (χ3v) is 1.98. The third-order valence-electron chi connectivity index (χ3n) is 1.98. The van der Waals surface area contributed by atoms with Crippen LogP contribution in [0.25, 0.3) is 0 Å². The lowest BCUT2D eigenvalue weighted by atomic mass is 10.2. The first-order chi connectivity index (χ1) is 5.86. The summed E-state index contributed by atoms with van der Waals surface area (Å²) in [6, 6.07) is 0. The molecular weight excluding hydrogens is 148 g/mol. The summed E-state index contributed by atoms with van der Waals surface area (Å²) in [7, 11) is 0. The maximum Gasteiger partial charge on any atom is 0.0593 e. The number of hydrogen-bond donors (Lipinski definition) is 0. The molecule has 0 fully saturated rings. The van der Waals surface area contributed by atoms with Crippen LogP contribution in [-0.2, 0) is 0 Å². The van der Waals surface area contributed by atoms with Gasteiger partial charge in [-0.25, -0.2) is 0 Å².